The molecule has 1 heterocycles. The fourth-order valence-corrected chi connectivity index (χ4v) is 4.79. The lowest BCUT2D eigenvalue weighted by Crippen LogP contribution is -2.24. The third kappa shape index (κ3) is 4.85. The molecular weight excluding hydrogens is 458 g/mol. The molecule has 0 unspecified atom stereocenters. The van der Waals surface area contributed by atoms with E-state index in [2.05, 4.69) is 22.2 Å². The smallest absolute Gasteiger partial charge is 0.252 e. The van der Waals surface area contributed by atoms with E-state index < -0.39 is 10.0 Å². The molecule has 4 aromatic carbocycles. The van der Waals surface area contributed by atoms with E-state index in [0.29, 0.717) is 22.5 Å². The van der Waals surface area contributed by atoms with Crippen molar-refractivity contribution in [3.63, 3.8) is 0 Å². The molecule has 0 atom stereocenters. The fourth-order valence-electron chi connectivity index (χ4n) is 4.19. The molecule has 0 radical (unpaired) electrons. The summed E-state index contributed by atoms with van der Waals surface area (Å²) in [6.45, 7) is 0.164. The first-order chi connectivity index (χ1) is 16.9. The number of anilines is 1. The Morgan fingerprint density at radius 2 is 1.51 bits per heavy atom. The van der Waals surface area contributed by atoms with E-state index in [9.17, 15) is 13.2 Å². The van der Waals surface area contributed by atoms with E-state index >= 15 is 0 Å². The molecule has 6 nitrogen and oxygen atoms in total. The number of nitrogens with one attached hydrogen (secondary N) is 2. The van der Waals surface area contributed by atoms with E-state index in [4.69, 9.17) is 4.98 Å². The zero-order valence-electron chi connectivity index (χ0n) is 19.0. The lowest BCUT2D eigenvalue weighted by molar-refractivity contribution is 0.0952. The average Bonchev–Trinajstić information content (AvgIpc) is 2.86. The van der Waals surface area contributed by atoms with Gasteiger partial charge in [0.25, 0.3) is 5.91 Å². The first kappa shape index (κ1) is 22.6. The van der Waals surface area contributed by atoms with Crippen LogP contribution in [0.4, 0.5) is 5.69 Å². The summed E-state index contributed by atoms with van der Waals surface area (Å²) >= 11 is 0. The van der Waals surface area contributed by atoms with Gasteiger partial charge in [-0.15, -0.1) is 0 Å². The monoisotopic (exact) mass is 481 g/mol. The highest BCUT2D eigenvalue weighted by molar-refractivity contribution is 7.92. The number of carbonyl (C=O) groups is 1. The van der Waals surface area contributed by atoms with Gasteiger partial charge in [-0.1, -0.05) is 78.9 Å². The third-order valence-electron chi connectivity index (χ3n) is 5.78. The quantitative estimate of drug-likeness (QED) is 0.342. The van der Waals surface area contributed by atoms with E-state index in [-0.39, 0.29) is 12.5 Å². The molecule has 174 valence electrons. The van der Waals surface area contributed by atoms with Crippen LogP contribution < -0.4 is 10.0 Å². The van der Waals surface area contributed by atoms with Gasteiger partial charge in [0.2, 0.25) is 10.0 Å². The maximum absolute atomic E-state index is 13.4. The normalized spacial score (nSPS) is 11.5. The summed E-state index contributed by atoms with van der Waals surface area (Å²) in [7, 11) is -3.44. The summed E-state index contributed by atoms with van der Waals surface area (Å²) < 4.78 is 25.9. The number of sulfonamides is 1. The third-order valence-corrected chi connectivity index (χ3v) is 6.37. The predicted molar refractivity (Wildman–Crippen MR) is 141 cm³/mol. The van der Waals surface area contributed by atoms with Crippen LogP contribution in [-0.4, -0.2) is 25.6 Å². The Morgan fingerprint density at radius 3 is 2.34 bits per heavy atom. The molecule has 0 saturated carbocycles. The molecule has 0 aliphatic rings. The Morgan fingerprint density at radius 1 is 0.829 bits per heavy atom. The van der Waals surface area contributed by atoms with Crippen LogP contribution in [0.2, 0.25) is 0 Å². The lowest BCUT2D eigenvalue weighted by atomic mass is 9.99. The number of carbonyl (C=O) groups excluding carboxylic acids is 1. The number of rotatable bonds is 6. The van der Waals surface area contributed by atoms with Gasteiger partial charge >= 0.3 is 0 Å². The van der Waals surface area contributed by atoms with Crippen molar-refractivity contribution in [3.8, 4) is 11.3 Å². The number of pyridine rings is 1. The Kier molecular flexibility index (Phi) is 5.93. The summed E-state index contributed by atoms with van der Waals surface area (Å²) in [6, 6.07) is 30.5. The fraction of sp³-hybridized carbons (Fsp3) is 0.0714. The minimum absolute atomic E-state index is 0.164. The van der Waals surface area contributed by atoms with E-state index in [1.54, 1.807) is 24.3 Å². The second-order valence-corrected chi connectivity index (χ2v) is 10.1. The number of para-hydroxylation sites is 2. The molecule has 35 heavy (non-hydrogen) atoms. The van der Waals surface area contributed by atoms with Gasteiger partial charge in [0.15, 0.2) is 0 Å². The summed E-state index contributed by atoms with van der Waals surface area (Å²) in [5.74, 6) is -0.265. The first-order valence-corrected chi connectivity index (χ1v) is 13.0. The maximum atomic E-state index is 13.4. The molecule has 1 aromatic heterocycles. The number of aromatic nitrogens is 1. The molecule has 5 rings (SSSR count). The number of hydrogen-bond acceptors (Lipinski definition) is 4. The zero-order chi connectivity index (χ0) is 24.4. The highest BCUT2D eigenvalue weighted by Crippen LogP contribution is 2.30. The van der Waals surface area contributed by atoms with Crippen LogP contribution in [0.1, 0.15) is 15.9 Å². The minimum Gasteiger partial charge on any atom is -0.348 e. The van der Waals surface area contributed by atoms with Crippen molar-refractivity contribution < 1.29 is 13.2 Å². The molecular formula is C28H23N3O3S. The number of hydrogen-bond donors (Lipinski definition) is 2. The topological polar surface area (TPSA) is 88.2 Å². The van der Waals surface area contributed by atoms with Crippen LogP contribution in [0.25, 0.3) is 32.9 Å². The van der Waals surface area contributed by atoms with Gasteiger partial charge in [0.05, 0.1) is 28.7 Å². The average molecular weight is 482 g/mol. The van der Waals surface area contributed by atoms with Crippen molar-refractivity contribution in [1.82, 2.24) is 10.3 Å². The second kappa shape index (κ2) is 9.19. The molecule has 1 amide bonds. The molecule has 2 N–H and O–H groups in total. The molecule has 0 fully saturated rings. The second-order valence-electron chi connectivity index (χ2n) is 8.31. The maximum Gasteiger partial charge on any atom is 0.252 e. The largest absolute Gasteiger partial charge is 0.348 e. The minimum atomic E-state index is -3.44. The standard InChI is InChI=1S/C28H23N3O3S/c1-35(33,34)31-25-15-6-3-10-20(25)18-29-28(32)24-17-27(30-26-16-7-5-13-23(24)26)22-14-8-11-19-9-2-4-12-21(19)22/h2-17,31H,18H2,1H3,(H,29,32). The lowest BCUT2D eigenvalue weighted by Gasteiger charge is -2.14. The number of amides is 1. The molecule has 7 heteroatoms. The number of fused-ring (bicyclic) bond motifs is 2. The highest BCUT2D eigenvalue weighted by atomic mass is 32.2. The molecule has 0 aliphatic heterocycles. The SMILES string of the molecule is CS(=O)(=O)Nc1ccccc1CNC(=O)c1cc(-c2cccc3ccccc23)nc2ccccc12. The van der Waals surface area contributed by atoms with Gasteiger partial charge in [-0.05, 0) is 34.5 Å². The van der Waals surface area contributed by atoms with Gasteiger partial charge in [0, 0.05) is 17.5 Å². The molecule has 0 aliphatic carbocycles. The van der Waals surface area contributed by atoms with Gasteiger partial charge in [-0.3, -0.25) is 9.52 Å². The zero-order valence-corrected chi connectivity index (χ0v) is 19.8. The van der Waals surface area contributed by atoms with Crippen molar-refractivity contribution in [1.29, 1.82) is 0 Å². The van der Waals surface area contributed by atoms with Crippen LogP contribution in [0.15, 0.2) is 97.1 Å². The van der Waals surface area contributed by atoms with Crippen LogP contribution in [0, 0.1) is 0 Å². The summed E-state index contributed by atoms with van der Waals surface area (Å²) in [5, 5.41) is 5.85. The van der Waals surface area contributed by atoms with Crippen LogP contribution in [-0.2, 0) is 16.6 Å². The van der Waals surface area contributed by atoms with Crippen LogP contribution in [0.5, 0.6) is 0 Å². The van der Waals surface area contributed by atoms with Crippen molar-refractivity contribution in [2.24, 2.45) is 0 Å². The molecule has 0 bridgehead atoms. The van der Waals surface area contributed by atoms with Crippen molar-refractivity contribution >= 4 is 43.3 Å². The van der Waals surface area contributed by atoms with Crippen LogP contribution >= 0.6 is 0 Å². The Labute approximate surface area is 203 Å². The number of nitrogens with zero attached hydrogens (tertiary/aromatic N) is 1. The molecule has 0 spiro atoms. The van der Waals surface area contributed by atoms with Crippen molar-refractivity contribution in [3.05, 3.63) is 108 Å². The summed E-state index contributed by atoms with van der Waals surface area (Å²) in [6.07, 6.45) is 1.10. The van der Waals surface area contributed by atoms with Crippen molar-refractivity contribution in [2.75, 3.05) is 11.0 Å². The van der Waals surface area contributed by atoms with Gasteiger partial charge < -0.3 is 5.32 Å². The van der Waals surface area contributed by atoms with Crippen molar-refractivity contribution in [2.45, 2.75) is 6.54 Å². The number of benzene rings is 4. The predicted octanol–water partition coefficient (Wildman–Crippen LogP) is 5.36. The van der Waals surface area contributed by atoms with Gasteiger partial charge in [0.1, 0.15) is 0 Å². The van der Waals surface area contributed by atoms with Crippen LogP contribution in [0.3, 0.4) is 0 Å². The van der Waals surface area contributed by atoms with E-state index in [1.165, 1.54) is 0 Å². The van der Waals surface area contributed by atoms with Gasteiger partial charge in [-0.25, -0.2) is 13.4 Å². The van der Waals surface area contributed by atoms with E-state index in [1.807, 2.05) is 60.7 Å². The molecule has 0 saturated heterocycles. The Balaban J connectivity index is 1.53. The first-order valence-electron chi connectivity index (χ1n) is 11.1. The Hall–Kier alpha value is -4.23. The highest BCUT2D eigenvalue weighted by Gasteiger charge is 2.16. The summed E-state index contributed by atoms with van der Waals surface area (Å²) in [5.41, 5.74) is 4.00. The van der Waals surface area contributed by atoms with E-state index in [0.717, 1.165) is 33.5 Å². The van der Waals surface area contributed by atoms with Gasteiger partial charge in [-0.2, -0.15) is 0 Å². The molecule has 5 aromatic rings. The summed E-state index contributed by atoms with van der Waals surface area (Å²) in [4.78, 5) is 18.3. The Bertz CT molecular complexity index is 1680.